The molecule has 1 fully saturated rings. The van der Waals surface area contributed by atoms with Crippen LogP contribution in [0.1, 0.15) is 18.4 Å². The number of hydrogen-bond acceptors (Lipinski definition) is 6. The fourth-order valence-corrected chi connectivity index (χ4v) is 3.93. The van der Waals surface area contributed by atoms with E-state index in [1.54, 1.807) is 12.3 Å². The maximum Gasteiger partial charge on any atom is 0.241 e. The van der Waals surface area contributed by atoms with Gasteiger partial charge in [-0.25, -0.2) is 18.1 Å². The molecular weight excluding hydrogens is 354 g/mol. The summed E-state index contributed by atoms with van der Waals surface area (Å²) in [6, 6.07) is 8.33. The topological polar surface area (TPSA) is 80.8 Å². The first-order chi connectivity index (χ1) is 12.5. The molecule has 0 radical (unpaired) electrons. The molecule has 2 heterocycles. The van der Waals surface area contributed by atoms with E-state index < -0.39 is 10.0 Å². The summed E-state index contributed by atoms with van der Waals surface area (Å²) in [5.41, 5.74) is 0.803. The maximum atomic E-state index is 12.5. The van der Waals surface area contributed by atoms with Gasteiger partial charge in [0.2, 0.25) is 10.0 Å². The lowest BCUT2D eigenvalue weighted by molar-refractivity contribution is 0.354. The number of methoxy groups -OCH3 is 2. The highest BCUT2D eigenvalue weighted by Gasteiger charge is 2.17. The molecule has 1 aromatic heterocycles. The van der Waals surface area contributed by atoms with E-state index in [1.165, 1.54) is 39.2 Å². The Kier molecular flexibility index (Phi) is 5.63. The van der Waals surface area contributed by atoms with Gasteiger partial charge in [-0.15, -0.1) is 0 Å². The third-order valence-electron chi connectivity index (χ3n) is 4.37. The van der Waals surface area contributed by atoms with E-state index in [0.29, 0.717) is 11.5 Å². The molecule has 1 aliphatic heterocycles. The summed E-state index contributed by atoms with van der Waals surface area (Å²) in [5, 5.41) is 0. The normalized spacial score (nSPS) is 14.5. The van der Waals surface area contributed by atoms with Gasteiger partial charge >= 0.3 is 0 Å². The van der Waals surface area contributed by atoms with Gasteiger partial charge in [0.1, 0.15) is 5.82 Å². The molecule has 0 aliphatic carbocycles. The summed E-state index contributed by atoms with van der Waals surface area (Å²) >= 11 is 0. The Morgan fingerprint density at radius 1 is 1.08 bits per heavy atom. The number of hydrogen-bond donors (Lipinski definition) is 1. The smallest absolute Gasteiger partial charge is 0.241 e. The minimum absolute atomic E-state index is 0.122. The van der Waals surface area contributed by atoms with Crippen LogP contribution >= 0.6 is 0 Å². The number of pyridine rings is 1. The van der Waals surface area contributed by atoms with E-state index in [4.69, 9.17) is 9.47 Å². The van der Waals surface area contributed by atoms with Crippen molar-refractivity contribution in [2.75, 3.05) is 32.2 Å². The number of nitrogens with one attached hydrogen (secondary N) is 1. The van der Waals surface area contributed by atoms with Crippen molar-refractivity contribution in [3.05, 3.63) is 42.1 Å². The molecular formula is C18H23N3O4S. The van der Waals surface area contributed by atoms with Crippen molar-refractivity contribution in [2.24, 2.45) is 0 Å². The van der Waals surface area contributed by atoms with Gasteiger partial charge < -0.3 is 14.4 Å². The van der Waals surface area contributed by atoms with Crippen molar-refractivity contribution in [3.8, 4) is 11.5 Å². The van der Waals surface area contributed by atoms with Crippen LogP contribution in [0.4, 0.5) is 5.82 Å². The SMILES string of the molecule is COc1ccc(S(=O)(=O)NCc2ccc(N3CCCC3)nc2)cc1OC. The fourth-order valence-electron chi connectivity index (χ4n) is 2.90. The zero-order valence-electron chi connectivity index (χ0n) is 14.9. The average Bonchev–Trinajstić information content (AvgIpc) is 3.21. The Labute approximate surface area is 154 Å². The second-order valence-corrected chi connectivity index (χ2v) is 7.83. The Hall–Kier alpha value is -2.32. The zero-order valence-corrected chi connectivity index (χ0v) is 15.8. The van der Waals surface area contributed by atoms with E-state index in [0.717, 1.165) is 24.5 Å². The average molecular weight is 377 g/mol. The molecule has 1 N–H and O–H groups in total. The fraction of sp³-hybridized carbons (Fsp3) is 0.389. The second kappa shape index (κ2) is 7.92. The molecule has 0 spiro atoms. The van der Waals surface area contributed by atoms with Crippen LogP contribution in [0.25, 0.3) is 0 Å². The number of aromatic nitrogens is 1. The van der Waals surface area contributed by atoms with Crippen LogP contribution in [0.5, 0.6) is 11.5 Å². The molecule has 7 nitrogen and oxygen atoms in total. The van der Waals surface area contributed by atoms with Crippen LogP contribution in [0.15, 0.2) is 41.4 Å². The first-order valence-corrected chi connectivity index (χ1v) is 9.93. The van der Waals surface area contributed by atoms with Crippen molar-refractivity contribution in [3.63, 3.8) is 0 Å². The number of nitrogens with zero attached hydrogens (tertiary/aromatic N) is 2. The Balaban J connectivity index is 1.68. The van der Waals surface area contributed by atoms with Gasteiger partial charge in [0.05, 0.1) is 19.1 Å². The quantitative estimate of drug-likeness (QED) is 0.797. The Bertz CT molecular complexity index is 847. The Morgan fingerprint density at radius 3 is 2.42 bits per heavy atom. The highest BCUT2D eigenvalue weighted by molar-refractivity contribution is 7.89. The van der Waals surface area contributed by atoms with Crippen LogP contribution in [-0.4, -0.2) is 40.7 Å². The molecule has 0 atom stereocenters. The van der Waals surface area contributed by atoms with Crippen molar-refractivity contribution in [1.29, 1.82) is 0 Å². The molecule has 8 heteroatoms. The van der Waals surface area contributed by atoms with Crippen LogP contribution in [-0.2, 0) is 16.6 Å². The molecule has 0 saturated carbocycles. The molecule has 140 valence electrons. The zero-order chi connectivity index (χ0) is 18.6. The summed E-state index contributed by atoms with van der Waals surface area (Å²) in [7, 11) is -0.695. The molecule has 3 rings (SSSR count). The number of benzene rings is 1. The minimum atomic E-state index is -3.67. The van der Waals surface area contributed by atoms with E-state index in [9.17, 15) is 8.42 Å². The molecule has 0 bridgehead atoms. The highest BCUT2D eigenvalue weighted by Crippen LogP contribution is 2.29. The highest BCUT2D eigenvalue weighted by atomic mass is 32.2. The van der Waals surface area contributed by atoms with Gasteiger partial charge in [-0.3, -0.25) is 0 Å². The van der Waals surface area contributed by atoms with Crippen LogP contribution in [0, 0.1) is 0 Å². The third-order valence-corrected chi connectivity index (χ3v) is 5.77. The Morgan fingerprint density at radius 2 is 1.81 bits per heavy atom. The monoisotopic (exact) mass is 377 g/mol. The molecule has 1 aliphatic rings. The second-order valence-electron chi connectivity index (χ2n) is 6.06. The number of rotatable bonds is 7. The lowest BCUT2D eigenvalue weighted by atomic mass is 10.3. The first kappa shape index (κ1) is 18.5. The number of anilines is 1. The van der Waals surface area contributed by atoms with Crippen molar-refractivity contribution in [1.82, 2.24) is 9.71 Å². The van der Waals surface area contributed by atoms with Gasteiger partial charge in [-0.2, -0.15) is 0 Å². The predicted molar refractivity (Wildman–Crippen MR) is 99.3 cm³/mol. The molecule has 26 heavy (non-hydrogen) atoms. The molecule has 0 amide bonds. The summed E-state index contributed by atoms with van der Waals surface area (Å²) in [5.74, 6) is 1.79. The van der Waals surface area contributed by atoms with Crippen molar-refractivity contribution >= 4 is 15.8 Å². The first-order valence-electron chi connectivity index (χ1n) is 8.45. The molecule has 2 aromatic rings. The maximum absolute atomic E-state index is 12.5. The number of ether oxygens (including phenoxy) is 2. The predicted octanol–water partition coefficient (Wildman–Crippen LogP) is 2.18. The van der Waals surface area contributed by atoms with Crippen LogP contribution < -0.4 is 19.1 Å². The number of sulfonamides is 1. The summed E-state index contributed by atoms with van der Waals surface area (Å²) in [6.07, 6.45) is 4.09. The minimum Gasteiger partial charge on any atom is -0.493 e. The lowest BCUT2D eigenvalue weighted by Crippen LogP contribution is -2.23. The summed E-state index contributed by atoms with van der Waals surface area (Å²) < 4.78 is 37.9. The van der Waals surface area contributed by atoms with E-state index in [-0.39, 0.29) is 11.4 Å². The van der Waals surface area contributed by atoms with Crippen LogP contribution in [0.2, 0.25) is 0 Å². The van der Waals surface area contributed by atoms with E-state index in [2.05, 4.69) is 14.6 Å². The van der Waals surface area contributed by atoms with E-state index >= 15 is 0 Å². The standard InChI is InChI=1S/C18H23N3O4S/c1-24-16-7-6-15(11-17(16)25-2)26(22,23)20-13-14-5-8-18(19-12-14)21-9-3-4-10-21/h5-8,11-12,20H,3-4,9-10,13H2,1-2H3. The van der Waals surface area contributed by atoms with Gasteiger partial charge in [-0.1, -0.05) is 6.07 Å². The van der Waals surface area contributed by atoms with Gasteiger partial charge in [0.25, 0.3) is 0 Å². The van der Waals surface area contributed by atoms with Crippen molar-refractivity contribution < 1.29 is 17.9 Å². The largest absolute Gasteiger partial charge is 0.493 e. The molecule has 0 unspecified atom stereocenters. The van der Waals surface area contributed by atoms with E-state index in [1.807, 2.05) is 12.1 Å². The lowest BCUT2D eigenvalue weighted by Gasteiger charge is -2.16. The van der Waals surface area contributed by atoms with Gasteiger partial charge in [0, 0.05) is 31.9 Å². The molecule has 1 aromatic carbocycles. The molecule has 1 saturated heterocycles. The van der Waals surface area contributed by atoms with Crippen molar-refractivity contribution in [2.45, 2.75) is 24.3 Å². The van der Waals surface area contributed by atoms with Crippen LogP contribution in [0.3, 0.4) is 0 Å². The summed E-state index contributed by atoms with van der Waals surface area (Å²) in [6.45, 7) is 2.22. The summed E-state index contributed by atoms with van der Waals surface area (Å²) in [4.78, 5) is 6.79. The van der Waals surface area contributed by atoms with Gasteiger partial charge in [-0.05, 0) is 36.6 Å². The van der Waals surface area contributed by atoms with Gasteiger partial charge in [0.15, 0.2) is 11.5 Å². The third kappa shape index (κ3) is 4.08.